The van der Waals surface area contributed by atoms with Gasteiger partial charge in [0, 0.05) is 55.4 Å². The quantitative estimate of drug-likeness (QED) is 0.534. The summed E-state index contributed by atoms with van der Waals surface area (Å²) in [6.45, 7) is 5.51. The van der Waals surface area contributed by atoms with E-state index in [9.17, 15) is 14.7 Å². The van der Waals surface area contributed by atoms with E-state index in [0.717, 1.165) is 24.2 Å². The van der Waals surface area contributed by atoms with E-state index in [1.54, 1.807) is 26.1 Å². The number of carbonyl (C=O) groups excluding carboxylic acids is 1. The minimum Gasteiger partial charge on any atom is -0.381 e. The fraction of sp³-hybridized carbons (Fsp3) is 0.333. The fourth-order valence-electron chi connectivity index (χ4n) is 4.08. The van der Waals surface area contributed by atoms with Crippen molar-refractivity contribution in [2.75, 3.05) is 33.4 Å². The highest BCUT2D eigenvalue weighted by Crippen LogP contribution is 2.20. The molecule has 1 fully saturated rings. The molecule has 1 amide bonds. The highest BCUT2D eigenvalue weighted by atomic mass is 35.5. The van der Waals surface area contributed by atoms with Crippen LogP contribution in [0.3, 0.4) is 0 Å². The molecular formula is C27H28ClN3O4. The van der Waals surface area contributed by atoms with Crippen LogP contribution in [-0.2, 0) is 17.8 Å². The first-order chi connectivity index (χ1) is 16.8. The van der Waals surface area contributed by atoms with Crippen molar-refractivity contribution in [1.29, 1.82) is 0 Å². The number of nitrogens with one attached hydrogen (secondary N) is 1. The summed E-state index contributed by atoms with van der Waals surface area (Å²) >= 11 is 5.95. The number of hydrogen-bond acceptors (Lipinski definition) is 5. The van der Waals surface area contributed by atoms with E-state index in [-0.39, 0.29) is 16.9 Å². The number of ether oxygens (including phenoxy) is 1. The summed E-state index contributed by atoms with van der Waals surface area (Å²) in [5, 5.41) is 10.7. The number of nitrogens with zero attached hydrogens (tertiary/aromatic N) is 2. The van der Waals surface area contributed by atoms with Gasteiger partial charge in [0.2, 0.25) is 5.43 Å². The molecule has 0 saturated carbocycles. The van der Waals surface area contributed by atoms with Crippen LogP contribution in [0.15, 0.2) is 47.4 Å². The second-order valence-electron chi connectivity index (χ2n) is 8.72. The standard InChI is InChI=1S/C27H28ClN3O4/c1-18(32)3-6-21-13-20(17-31-9-11-35-12-10-31)14-23-25(21)29-15-24(26(23)33)27(34)30(2)16-19-4-7-22(28)8-5-19/h4-5,7-8,13-15,18,32H,9-12,16-17H2,1-2H3,(H,29,33)/t18-/m1/s1. The van der Waals surface area contributed by atoms with Crippen molar-refractivity contribution in [3.8, 4) is 11.8 Å². The summed E-state index contributed by atoms with van der Waals surface area (Å²) in [7, 11) is 1.66. The predicted molar refractivity (Wildman–Crippen MR) is 136 cm³/mol. The van der Waals surface area contributed by atoms with Crippen LogP contribution in [0.5, 0.6) is 0 Å². The number of fused-ring (bicyclic) bond motifs is 1. The lowest BCUT2D eigenvalue weighted by atomic mass is 10.0. The van der Waals surface area contributed by atoms with Crippen molar-refractivity contribution in [3.05, 3.63) is 80.1 Å². The SMILES string of the molecule is C[C@@H](O)C#Cc1cc(CN2CCOCC2)cc2c(=O)c(C(=O)N(C)Cc3ccc(Cl)cc3)c[nH]c12. The molecule has 2 aromatic carbocycles. The van der Waals surface area contributed by atoms with Crippen molar-refractivity contribution >= 4 is 28.4 Å². The van der Waals surface area contributed by atoms with Crippen molar-refractivity contribution in [2.45, 2.75) is 26.1 Å². The minimum absolute atomic E-state index is 0.0620. The number of aromatic amines is 1. The lowest BCUT2D eigenvalue weighted by Gasteiger charge is -2.26. The minimum atomic E-state index is -0.804. The maximum absolute atomic E-state index is 13.5. The fourth-order valence-corrected chi connectivity index (χ4v) is 4.21. The van der Waals surface area contributed by atoms with Crippen LogP contribution in [0.25, 0.3) is 10.9 Å². The first-order valence-corrected chi connectivity index (χ1v) is 11.9. The van der Waals surface area contributed by atoms with Crippen LogP contribution in [0.4, 0.5) is 0 Å². The molecule has 1 aromatic heterocycles. The Hall–Kier alpha value is -3.15. The van der Waals surface area contributed by atoms with Gasteiger partial charge in [-0.05, 0) is 42.3 Å². The average molecular weight is 494 g/mol. The summed E-state index contributed by atoms with van der Waals surface area (Å²) in [5.41, 5.74) is 2.69. The van der Waals surface area contributed by atoms with Gasteiger partial charge in [-0.2, -0.15) is 0 Å². The number of morpholine rings is 1. The van der Waals surface area contributed by atoms with Crippen molar-refractivity contribution in [3.63, 3.8) is 0 Å². The zero-order valence-electron chi connectivity index (χ0n) is 19.8. The van der Waals surface area contributed by atoms with Gasteiger partial charge in [-0.3, -0.25) is 14.5 Å². The smallest absolute Gasteiger partial charge is 0.259 e. The van der Waals surface area contributed by atoms with E-state index in [2.05, 4.69) is 21.7 Å². The van der Waals surface area contributed by atoms with Crippen LogP contribution in [-0.4, -0.2) is 65.3 Å². The molecule has 0 spiro atoms. The molecule has 0 aliphatic carbocycles. The van der Waals surface area contributed by atoms with E-state index in [0.29, 0.717) is 47.8 Å². The molecule has 0 unspecified atom stereocenters. The molecule has 2 heterocycles. The van der Waals surface area contributed by atoms with Crippen LogP contribution >= 0.6 is 11.6 Å². The Morgan fingerprint density at radius 1 is 1.23 bits per heavy atom. The molecular weight excluding hydrogens is 466 g/mol. The number of halogens is 1. The van der Waals surface area contributed by atoms with E-state index in [1.807, 2.05) is 24.3 Å². The maximum atomic E-state index is 13.5. The number of aromatic nitrogens is 1. The number of hydrogen-bond donors (Lipinski definition) is 2. The third-order valence-electron chi connectivity index (χ3n) is 5.88. The normalized spacial score (nSPS) is 14.9. The van der Waals surface area contributed by atoms with Crippen molar-refractivity contribution in [1.82, 2.24) is 14.8 Å². The Morgan fingerprint density at radius 2 is 1.94 bits per heavy atom. The van der Waals surface area contributed by atoms with E-state index in [1.165, 1.54) is 11.1 Å². The molecule has 1 saturated heterocycles. The number of aliphatic hydroxyl groups is 1. The summed E-state index contributed by atoms with van der Waals surface area (Å²) < 4.78 is 5.43. The topological polar surface area (TPSA) is 85.9 Å². The van der Waals surface area contributed by atoms with Gasteiger partial charge in [0.15, 0.2) is 0 Å². The molecule has 8 heteroatoms. The highest BCUT2D eigenvalue weighted by Gasteiger charge is 2.19. The van der Waals surface area contributed by atoms with Crippen LogP contribution in [0, 0.1) is 11.8 Å². The van der Waals surface area contributed by atoms with E-state index < -0.39 is 6.10 Å². The van der Waals surface area contributed by atoms with Crippen molar-refractivity contribution in [2.24, 2.45) is 0 Å². The van der Waals surface area contributed by atoms with Gasteiger partial charge in [-0.25, -0.2) is 0 Å². The number of aliphatic hydroxyl groups excluding tert-OH is 1. The third kappa shape index (κ3) is 6.11. The van der Waals surface area contributed by atoms with Gasteiger partial charge in [-0.1, -0.05) is 35.6 Å². The summed E-state index contributed by atoms with van der Waals surface area (Å²) in [5.74, 6) is 5.36. The first-order valence-electron chi connectivity index (χ1n) is 11.5. The number of pyridine rings is 1. The predicted octanol–water partition coefficient (Wildman–Crippen LogP) is 3.02. The Kier molecular flexibility index (Phi) is 7.89. The molecule has 0 radical (unpaired) electrons. The van der Waals surface area contributed by atoms with Crippen LogP contribution in [0.1, 0.15) is 34.0 Å². The zero-order valence-corrected chi connectivity index (χ0v) is 20.6. The molecule has 0 bridgehead atoms. The lowest BCUT2D eigenvalue weighted by Crippen LogP contribution is -2.35. The summed E-state index contributed by atoms with van der Waals surface area (Å²) in [6, 6.07) is 11.0. The van der Waals surface area contributed by atoms with Crippen LogP contribution < -0.4 is 5.43 Å². The van der Waals surface area contributed by atoms with Crippen molar-refractivity contribution < 1.29 is 14.6 Å². The molecule has 2 N–H and O–H groups in total. The second kappa shape index (κ2) is 11.1. The number of carbonyl (C=O) groups is 1. The monoisotopic (exact) mass is 493 g/mol. The first kappa shape index (κ1) is 25.0. The molecule has 1 aliphatic rings. The molecule has 7 nitrogen and oxygen atoms in total. The largest absolute Gasteiger partial charge is 0.381 e. The lowest BCUT2D eigenvalue weighted by molar-refractivity contribution is 0.0342. The van der Waals surface area contributed by atoms with Crippen LogP contribution in [0.2, 0.25) is 5.02 Å². The molecule has 182 valence electrons. The number of amides is 1. The average Bonchev–Trinajstić information content (AvgIpc) is 2.84. The third-order valence-corrected chi connectivity index (χ3v) is 6.14. The molecule has 35 heavy (non-hydrogen) atoms. The maximum Gasteiger partial charge on any atom is 0.259 e. The Morgan fingerprint density at radius 3 is 2.63 bits per heavy atom. The van der Waals surface area contributed by atoms with Gasteiger partial charge in [0.1, 0.15) is 11.7 Å². The zero-order chi connectivity index (χ0) is 24.9. The Bertz CT molecular complexity index is 1330. The molecule has 1 aliphatic heterocycles. The van der Waals surface area contributed by atoms with E-state index >= 15 is 0 Å². The molecule has 1 atom stereocenters. The highest BCUT2D eigenvalue weighted by molar-refractivity contribution is 6.30. The molecule has 3 aromatic rings. The number of rotatable bonds is 5. The van der Waals surface area contributed by atoms with Gasteiger partial charge in [0.25, 0.3) is 5.91 Å². The van der Waals surface area contributed by atoms with Gasteiger partial charge in [-0.15, -0.1) is 0 Å². The number of H-pyrrole nitrogens is 1. The Labute approximate surface area is 209 Å². The van der Waals surface area contributed by atoms with Gasteiger partial charge < -0.3 is 19.7 Å². The molecule has 4 rings (SSSR count). The summed E-state index contributed by atoms with van der Waals surface area (Å²) in [4.78, 5) is 33.5. The second-order valence-corrected chi connectivity index (χ2v) is 9.16. The van der Waals surface area contributed by atoms with Gasteiger partial charge >= 0.3 is 0 Å². The number of benzene rings is 2. The Balaban J connectivity index is 1.70. The van der Waals surface area contributed by atoms with E-state index in [4.69, 9.17) is 16.3 Å². The van der Waals surface area contributed by atoms with Gasteiger partial charge in [0.05, 0.1) is 18.7 Å². The summed E-state index contributed by atoms with van der Waals surface area (Å²) in [6.07, 6.45) is 0.641.